The third-order valence-corrected chi connectivity index (χ3v) is 3.47. The van der Waals surface area contributed by atoms with Gasteiger partial charge in [-0.15, -0.1) is 0 Å². The van der Waals surface area contributed by atoms with Gasteiger partial charge in [-0.05, 0) is 54.9 Å². The number of nitrogens with zero attached hydrogens (tertiary/aromatic N) is 1. The molecule has 0 aliphatic carbocycles. The topological polar surface area (TPSA) is 24.9 Å². The number of fused-ring (bicyclic) bond motifs is 1. The molecule has 0 radical (unpaired) electrons. The molecule has 0 fully saturated rings. The summed E-state index contributed by atoms with van der Waals surface area (Å²) in [6.45, 7) is 2.91. The van der Waals surface area contributed by atoms with Crippen LogP contribution < -0.4 is 5.32 Å². The molecule has 0 aliphatic rings. The molecule has 0 bridgehead atoms. The number of rotatable bonds is 3. The molecule has 1 aromatic heterocycles. The highest BCUT2D eigenvalue weighted by molar-refractivity contribution is 5.84. The van der Waals surface area contributed by atoms with Gasteiger partial charge >= 0.3 is 0 Å². The van der Waals surface area contributed by atoms with E-state index >= 15 is 0 Å². The van der Waals surface area contributed by atoms with Crippen LogP contribution in [0.4, 0.5) is 0 Å². The molecule has 0 unspecified atom stereocenters. The van der Waals surface area contributed by atoms with Crippen LogP contribution in [0.2, 0.25) is 0 Å². The minimum Gasteiger partial charge on any atom is -0.316 e. The molecule has 0 saturated heterocycles. The fraction of sp³-hybridized carbons (Fsp3) is 0.167. The van der Waals surface area contributed by atoms with Crippen molar-refractivity contribution in [2.24, 2.45) is 0 Å². The lowest BCUT2D eigenvalue weighted by atomic mass is 10.0. The van der Waals surface area contributed by atoms with Crippen molar-refractivity contribution in [1.29, 1.82) is 0 Å². The molecule has 2 nitrogen and oxygen atoms in total. The van der Waals surface area contributed by atoms with E-state index < -0.39 is 0 Å². The van der Waals surface area contributed by atoms with E-state index in [-0.39, 0.29) is 0 Å². The van der Waals surface area contributed by atoms with Crippen molar-refractivity contribution in [1.82, 2.24) is 10.3 Å². The van der Waals surface area contributed by atoms with Crippen LogP contribution in [-0.4, -0.2) is 12.0 Å². The first-order valence-corrected chi connectivity index (χ1v) is 6.87. The van der Waals surface area contributed by atoms with Gasteiger partial charge in [0.15, 0.2) is 0 Å². The first-order valence-electron chi connectivity index (χ1n) is 6.87. The van der Waals surface area contributed by atoms with Gasteiger partial charge < -0.3 is 5.32 Å². The first-order chi connectivity index (χ1) is 9.76. The van der Waals surface area contributed by atoms with Gasteiger partial charge in [0.25, 0.3) is 0 Å². The van der Waals surface area contributed by atoms with Gasteiger partial charge in [-0.1, -0.05) is 30.3 Å². The molecule has 3 aromatic rings. The number of aromatic nitrogens is 1. The van der Waals surface area contributed by atoms with Crippen molar-refractivity contribution in [2.45, 2.75) is 13.5 Å². The Labute approximate surface area is 119 Å². The first kappa shape index (κ1) is 12.8. The lowest BCUT2D eigenvalue weighted by Gasteiger charge is -2.07. The van der Waals surface area contributed by atoms with Gasteiger partial charge in [-0.3, -0.25) is 4.98 Å². The Hall–Kier alpha value is -2.19. The molecule has 1 heterocycles. The normalized spacial score (nSPS) is 10.9. The second kappa shape index (κ2) is 5.43. The van der Waals surface area contributed by atoms with Crippen molar-refractivity contribution >= 4 is 10.9 Å². The molecule has 0 spiro atoms. The van der Waals surface area contributed by atoms with Crippen LogP contribution >= 0.6 is 0 Å². The summed E-state index contributed by atoms with van der Waals surface area (Å²) in [7, 11) is 1.97. The molecule has 1 N–H and O–H groups in total. The van der Waals surface area contributed by atoms with Gasteiger partial charge in [-0.2, -0.15) is 0 Å². The van der Waals surface area contributed by atoms with Crippen molar-refractivity contribution in [3.05, 3.63) is 65.9 Å². The monoisotopic (exact) mass is 262 g/mol. The standard InChI is InChI=1S/C18H18N2/c1-13-6-7-17-11-16(8-9-18(17)20-13)15-5-3-4-14(10-15)12-19-2/h3-11,19H,12H2,1-2H3. The highest BCUT2D eigenvalue weighted by Gasteiger charge is 2.02. The van der Waals surface area contributed by atoms with Crippen molar-refractivity contribution < 1.29 is 0 Å². The van der Waals surface area contributed by atoms with E-state index in [0.29, 0.717) is 0 Å². The molecule has 0 amide bonds. The highest BCUT2D eigenvalue weighted by atomic mass is 14.8. The SMILES string of the molecule is CNCc1cccc(-c2ccc3nc(C)ccc3c2)c1. The zero-order valence-corrected chi connectivity index (χ0v) is 11.9. The third-order valence-electron chi connectivity index (χ3n) is 3.47. The van der Waals surface area contributed by atoms with Gasteiger partial charge in [0.2, 0.25) is 0 Å². The Bertz CT molecular complexity index is 747. The summed E-state index contributed by atoms with van der Waals surface area (Å²) in [5.74, 6) is 0. The molecule has 100 valence electrons. The van der Waals surface area contributed by atoms with Crippen LogP contribution in [0.1, 0.15) is 11.3 Å². The number of nitrogens with one attached hydrogen (secondary N) is 1. The van der Waals surface area contributed by atoms with E-state index in [4.69, 9.17) is 0 Å². The van der Waals surface area contributed by atoms with Gasteiger partial charge in [0.1, 0.15) is 0 Å². The Kier molecular flexibility index (Phi) is 3.48. The molecule has 0 saturated carbocycles. The van der Waals surface area contributed by atoms with Crippen molar-refractivity contribution in [2.75, 3.05) is 7.05 Å². The molecule has 20 heavy (non-hydrogen) atoms. The fourth-order valence-corrected chi connectivity index (χ4v) is 2.47. The van der Waals surface area contributed by atoms with Gasteiger partial charge in [0.05, 0.1) is 5.52 Å². The van der Waals surface area contributed by atoms with E-state index in [1.807, 2.05) is 14.0 Å². The van der Waals surface area contributed by atoms with Crippen LogP contribution in [-0.2, 0) is 6.54 Å². The lowest BCUT2D eigenvalue weighted by Crippen LogP contribution is -2.04. The summed E-state index contributed by atoms with van der Waals surface area (Å²) < 4.78 is 0. The molecule has 2 aromatic carbocycles. The van der Waals surface area contributed by atoms with E-state index in [0.717, 1.165) is 17.8 Å². The third kappa shape index (κ3) is 2.56. The summed E-state index contributed by atoms with van der Waals surface area (Å²) in [4.78, 5) is 4.55. The molecule has 0 aliphatic heterocycles. The lowest BCUT2D eigenvalue weighted by molar-refractivity contribution is 0.818. The average Bonchev–Trinajstić information content (AvgIpc) is 2.47. The quantitative estimate of drug-likeness (QED) is 0.773. The molecular formula is C18H18N2. The molecule has 3 rings (SSSR count). The summed E-state index contributed by atoms with van der Waals surface area (Å²) in [6.07, 6.45) is 0. The largest absolute Gasteiger partial charge is 0.316 e. The average molecular weight is 262 g/mol. The molecule has 2 heteroatoms. The maximum absolute atomic E-state index is 4.55. The van der Waals surface area contributed by atoms with Crippen LogP contribution in [0.5, 0.6) is 0 Å². The Morgan fingerprint density at radius 2 is 1.80 bits per heavy atom. The molecular weight excluding hydrogens is 244 g/mol. The minimum absolute atomic E-state index is 0.891. The van der Waals surface area contributed by atoms with Crippen LogP contribution in [0.3, 0.4) is 0 Å². The van der Waals surface area contributed by atoms with E-state index in [1.54, 1.807) is 0 Å². The Balaban J connectivity index is 2.05. The van der Waals surface area contributed by atoms with E-state index in [9.17, 15) is 0 Å². The van der Waals surface area contributed by atoms with Gasteiger partial charge in [-0.25, -0.2) is 0 Å². The summed E-state index contributed by atoms with van der Waals surface area (Å²) in [5.41, 5.74) is 5.90. The molecule has 0 atom stereocenters. The van der Waals surface area contributed by atoms with Gasteiger partial charge in [0, 0.05) is 17.6 Å². The second-order valence-electron chi connectivity index (χ2n) is 5.09. The zero-order chi connectivity index (χ0) is 13.9. The minimum atomic E-state index is 0.891. The predicted octanol–water partition coefficient (Wildman–Crippen LogP) is 3.93. The second-order valence-corrected chi connectivity index (χ2v) is 5.09. The maximum atomic E-state index is 4.55. The smallest absolute Gasteiger partial charge is 0.0705 e. The van der Waals surface area contributed by atoms with Crippen LogP contribution in [0.25, 0.3) is 22.0 Å². The number of benzene rings is 2. The van der Waals surface area contributed by atoms with E-state index in [1.165, 1.54) is 22.1 Å². The van der Waals surface area contributed by atoms with Crippen LogP contribution in [0, 0.1) is 6.92 Å². The summed E-state index contributed by atoms with van der Waals surface area (Å²) in [5, 5.41) is 4.38. The zero-order valence-electron chi connectivity index (χ0n) is 11.9. The van der Waals surface area contributed by atoms with E-state index in [2.05, 4.69) is 64.9 Å². The number of aryl methyl sites for hydroxylation is 1. The highest BCUT2D eigenvalue weighted by Crippen LogP contribution is 2.24. The van der Waals surface area contributed by atoms with Crippen LogP contribution in [0.15, 0.2) is 54.6 Å². The Morgan fingerprint density at radius 3 is 2.65 bits per heavy atom. The maximum Gasteiger partial charge on any atom is 0.0705 e. The number of pyridine rings is 1. The predicted molar refractivity (Wildman–Crippen MR) is 84.7 cm³/mol. The summed E-state index contributed by atoms with van der Waals surface area (Å²) >= 11 is 0. The van der Waals surface area contributed by atoms with Crippen molar-refractivity contribution in [3.63, 3.8) is 0 Å². The number of hydrogen-bond donors (Lipinski definition) is 1. The number of hydrogen-bond acceptors (Lipinski definition) is 2. The fourth-order valence-electron chi connectivity index (χ4n) is 2.47. The summed E-state index contributed by atoms with van der Waals surface area (Å²) in [6, 6.07) is 19.3. The Morgan fingerprint density at radius 1 is 0.950 bits per heavy atom. The van der Waals surface area contributed by atoms with Crippen molar-refractivity contribution in [3.8, 4) is 11.1 Å².